The predicted octanol–water partition coefficient (Wildman–Crippen LogP) is -0.794. The summed E-state index contributed by atoms with van der Waals surface area (Å²) >= 11 is 0. The van der Waals surface area contributed by atoms with Crippen molar-refractivity contribution in [1.82, 2.24) is 25.5 Å². The van der Waals surface area contributed by atoms with Crippen LogP contribution in [0.5, 0.6) is 0 Å². The molecular formula is C16H24FN5O5S2. The molecule has 162 valence electrons. The molecule has 0 aliphatic rings. The molecule has 3 amide bonds. The highest BCUT2D eigenvalue weighted by Gasteiger charge is 2.07. The number of halogens is 1. The molecule has 0 aliphatic heterocycles. The van der Waals surface area contributed by atoms with Crippen molar-refractivity contribution in [1.29, 1.82) is 0 Å². The Morgan fingerprint density at radius 2 is 1.55 bits per heavy atom. The molecule has 0 aliphatic carbocycles. The van der Waals surface area contributed by atoms with E-state index in [0.29, 0.717) is 24.6 Å². The number of aromatic nitrogens is 2. The largest absolute Gasteiger partial charge is 0.359 e. The summed E-state index contributed by atoms with van der Waals surface area (Å²) in [6, 6.07) is 0. The van der Waals surface area contributed by atoms with Crippen LogP contribution in [-0.2, 0) is 20.9 Å². The zero-order valence-electron chi connectivity index (χ0n) is 15.9. The second-order valence-corrected chi connectivity index (χ2v) is 8.40. The minimum Gasteiger partial charge on any atom is -0.359 e. The number of aryl methyl sites for hydroxylation is 1. The maximum Gasteiger partial charge on any atom is 0.328 e. The first-order valence-electron chi connectivity index (χ1n) is 8.81. The van der Waals surface area contributed by atoms with Crippen LogP contribution in [0.1, 0.15) is 19.3 Å². The normalized spacial score (nSPS) is 10.4. The summed E-state index contributed by atoms with van der Waals surface area (Å²) in [5, 5.41) is 7.84. The van der Waals surface area contributed by atoms with Gasteiger partial charge in [0.25, 0.3) is 5.56 Å². The highest BCUT2D eigenvalue weighted by molar-refractivity contribution is 8.76. The van der Waals surface area contributed by atoms with Crippen LogP contribution in [-0.4, -0.2) is 58.9 Å². The van der Waals surface area contributed by atoms with E-state index in [2.05, 4.69) is 16.0 Å². The van der Waals surface area contributed by atoms with Gasteiger partial charge in [0.15, 0.2) is 0 Å². The van der Waals surface area contributed by atoms with Gasteiger partial charge in [-0.1, -0.05) is 21.6 Å². The van der Waals surface area contributed by atoms with Gasteiger partial charge in [0.1, 0.15) is 0 Å². The highest BCUT2D eigenvalue weighted by Crippen LogP contribution is 2.19. The Morgan fingerprint density at radius 3 is 2.14 bits per heavy atom. The van der Waals surface area contributed by atoms with E-state index in [9.17, 15) is 28.4 Å². The Hall–Kier alpha value is -2.28. The summed E-state index contributed by atoms with van der Waals surface area (Å²) in [6.45, 7) is 0.866. The van der Waals surface area contributed by atoms with Crippen molar-refractivity contribution in [3.05, 3.63) is 32.9 Å². The number of carbonyl (C=O) groups excluding carboxylic acids is 3. The Bertz CT molecular complexity index is 814. The Labute approximate surface area is 174 Å². The molecule has 1 aromatic rings. The van der Waals surface area contributed by atoms with E-state index >= 15 is 0 Å². The lowest BCUT2D eigenvalue weighted by molar-refractivity contribution is -0.126. The van der Waals surface area contributed by atoms with E-state index in [1.807, 2.05) is 4.98 Å². The lowest BCUT2D eigenvalue weighted by Crippen LogP contribution is -2.33. The molecule has 0 bridgehead atoms. The van der Waals surface area contributed by atoms with Crippen LogP contribution < -0.4 is 27.2 Å². The Kier molecular flexibility index (Phi) is 11.8. The van der Waals surface area contributed by atoms with Gasteiger partial charge in [0, 0.05) is 57.5 Å². The van der Waals surface area contributed by atoms with Crippen molar-refractivity contribution in [3.8, 4) is 0 Å². The third-order valence-corrected chi connectivity index (χ3v) is 5.91. The molecule has 0 saturated heterocycles. The molecule has 4 N–H and O–H groups in total. The summed E-state index contributed by atoms with van der Waals surface area (Å²) < 4.78 is 14.1. The monoisotopic (exact) mass is 449 g/mol. The molecule has 0 fully saturated rings. The molecule has 1 aromatic heterocycles. The number of nitrogens with zero attached hydrogens (tertiary/aromatic N) is 1. The molecule has 13 heteroatoms. The minimum absolute atomic E-state index is 0.0225. The first kappa shape index (κ1) is 24.8. The molecular weight excluding hydrogens is 425 g/mol. The summed E-state index contributed by atoms with van der Waals surface area (Å²) in [7, 11) is 4.59. The zero-order valence-corrected chi connectivity index (χ0v) is 17.6. The summed E-state index contributed by atoms with van der Waals surface area (Å²) in [4.78, 5) is 58.5. The van der Waals surface area contributed by atoms with E-state index in [4.69, 9.17) is 0 Å². The predicted molar refractivity (Wildman–Crippen MR) is 110 cm³/mol. The lowest BCUT2D eigenvalue weighted by atomic mass is 10.3. The van der Waals surface area contributed by atoms with Gasteiger partial charge < -0.3 is 16.0 Å². The molecule has 0 atom stereocenters. The van der Waals surface area contributed by atoms with E-state index < -0.39 is 17.1 Å². The number of aromatic amines is 1. The Balaban J connectivity index is 2.05. The summed E-state index contributed by atoms with van der Waals surface area (Å²) in [5.74, 6) is -0.393. The van der Waals surface area contributed by atoms with E-state index in [1.165, 1.54) is 17.8 Å². The number of H-pyrrole nitrogens is 1. The number of hydrogen-bond donors (Lipinski definition) is 4. The average Bonchev–Trinajstić information content (AvgIpc) is 2.69. The van der Waals surface area contributed by atoms with Crippen molar-refractivity contribution >= 4 is 39.3 Å². The molecule has 0 aromatic carbocycles. The second-order valence-electron chi connectivity index (χ2n) is 5.70. The number of rotatable bonds is 13. The lowest BCUT2D eigenvalue weighted by Gasteiger charge is -2.07. The first-order chi connectivity index (χ1) is 13.8. The van der Waals surface area contributed by atoms with Gasteiger partial charge >= 0.3 is 5.69 Å². The van der Waals surface area contributed by atoms with E-state index in [-0.39, 0.29) is 43.5 Å². The fourth-order valence-electron chi connectivity index (χ4n) is 1.98. The molecule has 1 rings (SSSR count). The zero-order chi connectivity index (χ0) is 21.6. The van der Waals surface area contributed by atoms with Crippen molar-refractivity contribution in [3.63, 3.8) is 0 Å². The van der Waals surface area contributed by atoms with Gasteiger partial charge in [-0.15, -0.1) is 0 Å². The van der Waals surface area contributed by atoms with Crippen LogP contribution >= 0.6 is 21.6 Å². The smallest absolute Gasteiger partial charge is 0.328 e. The SMILES string of the molecule is CNC(=O)CCC(=O)NCCSSCCNC(=O)CCn1cc(F)c(=O)[nH]c1=O. The van der Waals surface area contributed by atoms with Gasteiger partial charge in [-0.2, -0.15) is 4.39 Å². The third kappa shape index (κ3) is 10.7. The van der Waals surface area contributed by atoms with Crippen molar-refractivity contribution in [2.24, 2.45) is 0 Å². The van der Waals surface area contributed by atoms with Crippen LogP contribution in [0.15, 0.2) is 15.8 Å². The molecule has 0 radical (unpaired) electrons. The van der Waals surface area contributed by atoms with Crippen molar-refractivity contribution in [2.75, 3.05) is 31.6 Å². The molecule has 29 heavy (non-hydrogen) atoms. The maximum absolute atomic E-state index is 13.1. The average molecular weight is 450 g/mol. The van der Waals surface area contributed by atoms with Crippen molar-refractivity contribution < 1.29 is 18.8 Å². The number of carbonyl (C=O) groups is 3. The van der Waals surface area contributed by atoms with Gasteiger partial charge in [0.2, 0.25) is 23.5 Å². The highest BCUT2D eigenvalue weighted by atomic mass is 33.1. The first-order valence-corrected chi connectivity index (χ1v) is 11.3. The maximum atomic E-state index is 13.1. The summed E-state index contributed by atoms with van der Waals surface area (Å²) in [6.07, 6.45) is 1.07. The molecule has 1 heterocycles. The van der Waals surface area contributed by atoms with Crippen LogP contribution in [0.25, 0.3) is 0 Å². The number of nitrogens with one attached hydrogen (secondary N) is 4. The van der Waals surface area contributed by atoms with E-state index in [1.54, 1.807) is 10.8 Å². The van der Waals surface area contributed by atoms with Crippen LogP contribution in [0.2, 0.25) is 0 Å². The minimum atomic E-state index is -1.09. The second kappa shape index (κ2) is 13.8. The van der Waals surface area contributed by atoms with Gasteiger partial charge in [-0.25, -0.2) is 4.79 Å². The Morgan fingerprint density at radius 1 is 1.00 bits per heavy atom. The fraction of sp³-hybridized carbons (Fsp3) is 0.562. The van der Waals surface area contributed by atoms with Crippen molar-refractivity contribution in [2.45, 2.75) is 25.8 Å². The molecule has 0 unspecified atom stereocenters. The standard InChI is InChI=1S/C16H24FN5O5S2/c1-18-12(23)2-3-13(24)19-5-8-28-29-9-6-20-14(25)4-7-22-10-11(17)15(26)21-16(22)27/h10H,2-9H2,1H3,(H,18,23)(H,19,24)(H,20,25)(H,21,26,27). The number of hydrogen-bond acceptors (Lipinski definition) is 7. The number of amides is 3. The van der Waals surface area contributed by atoms with Gasteiger partial charge in [0.05, 0.1) is 6.20 Å². The van der Waals surface area contributed by atoms with Gasteiger partial charge in [-0.05, 0) is 0 Å². The topological polar surface area (TPSA) is 142 Å². The van der Waals surface area contributed by atoms with Gasteiger partial charge in [-0.3, -0.25) is 28.7 Å². The van der Waals surface area contributed by atoms with Crippen LogP contribution in [0.3, 0.4) is 0 Å². The molecule has 10 nitrogen and oxygen atoms in total. The third-order valence-electron chi connectivity index (χ3n) is 3.50. The van der Waals surface area contributed by atoms with Crippen LogP contribution in [0.4, 0.5) is 4.39 Å². The fourth-order valence-corrected chi connectivity index (χ4v) is 3.80. The van der Waals surface area contributed by atoms with Crippen LogP contribution in [0, 0.1) is 5.82 Å². The molecule has 0 spiro atoms. The quantitative estimate of drug-likeness (QED) is 0.228. The summed E-state index contributed by atoms with van der Waals surface area (Å²) in [5.41, 5.74) is -1.86. The molecule has 0 saturated carbocycles. The van der Waals surface area contributed by atoms with E-state index in [0.717, 1.165) is 10.8 Å².